The summed E-state index contributed by atoms with van der Waals surface area (Å²) in [5.41, 5.74) is 5.38. The van der Waals surface area contributed by atoms with Crippen molar-refractivity contribution in [3.05, 3.63) is 89.2 Å². The van der Waals surface area contributed by atoms with Crippen LogP contribution in [-0.4, -0.2) is 40.5 Å². The van der Waals surface area contributed by atoms with E-state index in [-0.39, 0.29) is 41.5 Å². The van der Waals surface area contributed by atoms with Crippen molar-refractivity contribution in [3.63, 3.8) is 0 Å². The van der Waals surface area contributed by atoms with Crippen molar-refractivity contribution in [1.82, 2.24) is 9.88 Å². The van der Waals surface area contributed by atoms with E-state index < -0.39 is 0 Å². The lowest BCUT2D eigenvalue weighted by molar-refractivity contribution is 0.0504. The number of rotatable bonds is 4. The molecule has 3 aromatic rings. The number of ether oxygens (including phenoxy) is 1. The quantitative estimate of drug-likeness (QED) is 0.489. The molecular formula is C29H25N3O3. The maximum absolute atomic E-state index is 13.2. The van der Waals surface area contributed by atoms with Gasteiger partial charge in [0.1, 0.15) is 24.1 Å². The monoisotopic (exact) mass is 463 g/mol. The lowest BCUT2D eigenvalue weighted by Crippen LogP contribution is -2.48. The van der Waals surface area contributed by atoms with E-state index in [4.69, 9.17) is 10.00 Å². The van der Waals surface area contributed by atoms with Gasteiger partial charge in [0.05, 0.1) is 0 Å². The van der Waals surface area contributed by atoms with Crippen molar-refractivity contribution in [2.75, 3.05) is 6.61 Å². The number of hydrogen-bond acceptors (Lipinski definition) is 5. The van der Waals surface area contributed by atoms with Crippen LogP contribution in [0.1, 0.15) is 58.9 Å². The topological polar surface area (TPSA) is 83.3 Å². The maximum atomic E-state index is 13.2. The molecule has 2 atom stereocenters. The Bertz CT molecular complexity index is 1300. The van der Waals surface area contributed by atoms with Gasteiger partial charge in [0.2, 0.25) is 0 Å². The molecule has 2 fully saturated rings. The van der Waals surface area contributed by atoms with Crippen molar-refractivity contribution in [3.8, 4) is 17.2 Å². The predicted octanol–water partition coefficient (Wildman–Crippen LogP) is 5.33. The van der Waals surface area contributed by atoms with Crippen molar-refractivity contribution < 1.29 is 14.3 Å². The molecule has 2 bridgehead atoms. The van der Waals surface area contributed by atoms with Crippen molar-refractivity contribution in [2.24, 2.45) is 5.92 Å². The van der Waals surface area contributed by atoms with Gasteiger partial charge in [0.15, 0.2) is 5.78 Å². The number of pyridine rings is 1. The number of ketones is 1. The number of nitrogens with zero attached hydrogens (tertiary/aromatic N) is 3. The second-order valence-electron chi connectivity index (χ2n) is 9.65. The van der Waals surface area contributed by atoms with Crippen molar-refractivity contribution >= 4 is 11.9 Å². The van der Waals surface area contributed by atoms with Gasteiger partial charge < -0.3 is 9.64 Å². The summed E-state index contributed by atoms with van der Waals surface area (Å²) in [5.74, 6) is -0.195. The minimum atomic E-state index is -0.283. The van der Waals surface area contributed by atoms with Gasteiger partial charge in [-0.3, -0.25) is 4.79 Å². The van der Waals surface area contributed by atoms with E-state index >= 15 is 0 Å². The molecule has 1 aliphatic carbocycles. The smallest absolute Gasteiger partial charge is 0.410 e. The summed E-state index contributed by atoms with van der Waals surface area (Å²) in [7, 11) is 0. The maximum Gasteiger partial charge on any atom is 0.410 e. The summed E-state index contributed by atoms with van der Waals surface area (Å²) < 4.78 is 5.92. The van der Waals surface area contributed by atoms with Crippen LogP contribution in [0.15, 0.2) is 66.7 Å². The first-order valence-electron chi connectivity index (χ1n) is 12.2. The molecule has 2 aromatic carbocycles. The highest BCUT2D eigenvalue weighted by Crippen LogP contribution is 2.45. The van der Waals surface area contributed by atoms with E-state index in [0.29, 0.717) is 25.1 Å². The first-order valence-corrected chi connectivity index (χ1v) is 12.2. The molecule has 2 saturated heterocycles. The molecule has 1 aromatic heterocycles. The summed E-state index contributed by atoms with van der Waals surface area (Å²) in [4.78, 5) is 32.4. The molecule has 0 spiro atoms. The predicted molar refractivity (Wildman–Crippen MR) is 130 cm³/mol. The number of benzene rings is 2. The van der Waals surface area contributed by atoms with Gasteiger partial charge in [-0.05, 0) is 60.1 Å². The van der Waals surface area contributed by atoms with Gasteiger partial charge in [-0.2, -0.15) is 5.26 Å². The number of carbonyl (C=O) groups is 2. The van der Waals surface area contributed by atoms with Crippen molar-refractivity contribution in [1.29, 1.82) is 5.26 Å². The standard InChI is InChI=1S/C29H25N3O3/c30-16-19-6-5-11-27(31-19)28(33)18-14-20-12-13-21(15-18)32(20)29(34)35-17-26-24-9-3-1-7-22(24)23-8-2-4-10-25(23)26/h1-11,18,20-21,26H,12-15,17H2. The third-order valence-corrected chi connectivity index (χ3v) is 7.77. The summed E-state index contributed by atoms with van der Waals surface area (Å²) in [6.45, 7) is 0.302. The van der Waals surface area contributed by atoms with E-state index in [1.807, 2.05) is 35.2 Å². The van der Waals surface area contributed by atoms with Gasteiger partial charge in [0.25, 0.3) is 0 Å². The number of fused-ring (bicyclic) bond motifs is 5. The van der Waals surface area contributed by atoms with Crippen LogP contribution in [0, 0.1) is 17.2 Å². The Morgan fingerprint density at radius 3 is 2.17 bits per heavy atom. The van der Waals surface area contributed by atoms with E-state index in [2.05, 4.69) is 29.2 Å². The van der Waals surface area contributed by atoms with Crippen LogP contribution in [0.25, 0.3) is 11.1 Å². The Morgan fingerprint density at radius 1 is 0.914 bits per heavy atom. The summed E-state index contributed by atoms with van der Waals surface area (Å²) in [6, 6.07) is 23.6. The molecule has 6 nitrogen and oxygen atoms in total. The highest BCUT2D eigenvalue weighted by atomic mass is 16.6. The Labute approximate surface area is 204 Å². The minimum absolute atomic E-state index is 0.00231. The van der Waals surface area contributed by atoms with E-state index in [1.54, 1.807) is 18.2 Å². The fourth-order valence-corrected chi connectivity index (χ4v) is 6.20. The average Bonchev–Trinajstić information content (AvgIpc) is 3.37. The van der Waals surface area contributed by atoms with Crippen LogP contribution in [0.4, 0.5) is 4.79 Å². The largest absolute Gasteiger partial charge is 0.448 e. The lowest BCUT2D eigenvalue weighted by atomic mass is 9.86. The third-order valence-electron chi connectivity index (χ3n) is 7.77. The van der Waals surface area contributed by atoms with Gasteiger partial charge in [-0.15, -0.1) is 0 Å². The second kappa shape index (κ2) is 8.66. The molecule has 1 amide bonds. The Hall–Kier alpha value is -3.98. The molecular weight excluding hydrogens is 438 g/mol. The van der Waals surface area contributed by atoms with Crippen molar-refractivity contribution in [2.45, 2.75) is 43.7 Å². The van der Waals surface area contributed by atoms with E-state index in [1.165, 1.54) is 22.3 Å². The van der Waals surface area contributed by atoms with Gasteiger partial charge in [-0.25, -0.2) is 9.78 Å². The Morgan fingerprint density at radius 2 is 1.54 bits per heavy atom. The number of hydrogen-bond donors (Lipinski definition) is 0. The molecule has 0 saturated carbocycles. The normalized spacial score (nSPS) is 22.3. The summed E-state index contributed by atoms with van der Waals surface area (Å²) >= 11 is 0. The second-order valence-corrected chi connectivity index (χ2v) is 9.65. The highest BCUT2D eigenvalue weighted by molar-refractivity contribution is 5.96. The van der Waals surface area contributed by atoms with Crippen LogP contribution in [0.5, 0.6) is 0 Å². The Balaban J connectivity index is 1.14. The molecule has 35 heavy (non-hydrogen) atoms. The zero-order valence-electron chi connectivity index (χ0n) is 19.3. The van der Waals surface area contributed by atoms with Gasteiger partial charge in [-0.1, -0.05) is 54.6 Å². The molecule has 174 valence electrons. The first kappa shape index (κ1) is 21.5. The summed E-state index contributed by atoms with van der Waals surface area (Å²) in [5, 5.41) is 9.10. The number of carbonyl (C=O) groups excluding carboxylic acids is 2. The average molecular weight is 464 g/mol. The lowest BCUT2D eigenvalue weighted by Gasteiger charge is -2.37. The third kappa shape index (κ3) is 3.68. The molecule has 2 unspecified atom stereocenters. The number of piperidine rings is 1. The van der Waals surface area contributed by atoms with Gasteiger partial charge in [0, 0.05) is 23.9 Å². The van der Waals surface area contributed by atoms with Crippen LogP contribution in [0.2, 0.25) is 0 Å². The van der Waals surface area contributed by atoms with Crippen LogP contribution >= 0.6 is 0 Å². The number of aromatic nitrogens is 1. The van der Waals surface area contributed by atoms with Gasteiger partial charge >= 0.3 is 6.09 Å². The van der Waals surface area contributed by atoms with Crippen LogP contribution in [0.3, 0.4) is 0 Å². The number of amides is 1. The molecule has 3 heterocycles. The fourth-order valence-electron chi connectivity index (χ4n) is 6.20. The SMILES string of the molecule is N#Cc1cccc(C(=O)C2CC3CCC(C2)N3C(=O)OCC2c3ccccc3-c3ccccc32)n1. The number of Topliss-reactive ketones (excluding diaryl/α,β-unsaturated/α-hetero) is 1. The number of nitriles is 1. The van der Waals surface area contributed by atoms with Crippen LogP contribution in [-0.2, 0) is 4.74 Å². The molecule has 2 aliphatic heterocycles. The summed E-state index contributed by atoms with van der Waals surface area (Å²) in [6.07, 6.45) is 2.69. The molecule has 3 aliphatic rings. The van der Waals surface area contributed by atoms with Crippen LogP contribution < -0.4 is 0 Å². The molecule has 0 N–H and O–H groups in total. The molecule has 6 heteroatoms. The molecule has 0 radical (unpaired) electrons. The van der Waals surface area contributed by atoms with E-state index in [9.17, 15) is 9.59 Å². The Kier molecular flexibility index (Phi) is 5.33. The minimum Gasteiger partial charge on any atom is -0.448 e. The van der Waals surface area contributed by atoms with E-state index in [0.717, 1.165) is 12.8 Å². The first-order chi connectivity index (χ1) is 17.1. The zero-order valence-corrected chi connectivity index (χ0v) is 19.3. The fraction of sp³-hybridized carbons (Fsp3) is 0.310. The zero-order chi connectivity index (χ0) is 23.9. The highest BCUT2D eigenvalue weighted by Gasteiger charge is 2.46. The molecule has 6 rings (SSSR count).